The molecule has 3 nitrogen and oxygen atoms in total. The highest BCUT2D eigenvalue weighted by Gasteiger charge is 2.30. The van der Waals surface area contributed by atoms with E-state index in [1.54, 1.807) is 0 Å². The van der Waals surface area contributed by atoms with Crippen LogP contribution in [0.5, 0.6) is 0 Å². The smallest absolute Gasteiger partial charge is 0.237 e. The third kappa shape index (κ3) is 4.68. The number of piperazine rings is 1. The summed E-state index contributed by atoms with van der Waals surface area (Å²) in [5.41, 5.74) is 2.29. The number of halogens is 3. The van der Waals surface area contributed by atoms with Gasteiger partial charge in [0.2, 0.25) is 5.91 Å². The van der Waals surface area contributed by atoms with Crippen molar-refractivity contribution < 1.29 is 4.79 Å². The maximum atomic E-state index is 12.0. The van der Waals surface area contributed by atoms with Gasteiger partial charge in [-0.25, -0.2) is 0 Å². The highest BCUT2D eigenvalue weighted by molar-refractivity contribution is 6.30. The highest BCUT2D eigenvalue weighted by Crippen LogP contribution is 2.28. The van der Waals surface area contributed by atoms with Gasteiger partial charge >= 0.3 is 0 Å². The summed E-state index contributed by atoms with van der Waals surface area (Å²) in [4.78, 5) is 16.2. The Bertz CT molecular complexity index is 736. The Hall–Kier alpha value is -1.26. The van der Waals surface area contributed by atoms with Crippen LogP contribution in [0.15, 0.2) is 48.5 Å². The molecular formula is C19H19Cl3N2O. The molecule has 1 amide bonds. The van der Waals surface area contributed by atoms with E-state index in [1.807, 2.05) is 47.4 Å². The van der Waals surface area contributed by atoms with E-state index in [-0.39, 0.29) is 17.8 Å². The molecule has 1 aliphatic heterocycles. The topological polar surface area (TPSA) is 23.6 Å². The Morgan fingerprint density at radius 3 is 2.48 bits per heavy atom. The molecule has 0 saturated carbocycles. The van der Waals surface area contributed by atoms with E-state index >= 15 is 0 Å². The van der Waals surface area contributed by atoms with Gasteiger partial charge in [-0.05, 0) is 35.4 Å². The lowest BCUT2D eigenvalue weighted by atomic mass is 10.0. The highest BCUT2D eigenvalue weighted by atomic mass is 35.5. The van der Waals surface area contributed by atoms with Gasteiger partial charge in [-0.3, -0.25) is 9.69 Å². The molecule has 0 radical (unpaired) electrons. The van der Waals surface area contributed by atoms with Crippen molar-refractivity contribution in [1.82, 2.24) is 9.80 Å². The monoisotopic (exact) mass is 396 g/mol. The fourth-order valence-electron chi connectivity index (χ4n) is 3.19. The molecular weight excluding hydrogens is 379 g/mol. The van der Waals surface area contributed by atoms with Gasteiger partial charge in [0.1, 0.15) is 5.88 Å². The minimum Gasteiger partial charge on any atom is -0.338 e. The summed E-state index contributed by atoms with van der Waals surface area (Å²) in [7, 11) is 0. The van der Waals surface area contributed by atoms with Crippen molar-refractivity contribution in [1.29, 1.82) is 0 Å². The summed E-state index contributed by atoms with van der Waals surface area (Å²) in [5.74, 6) is -0.00946. The van der Waals surface area contributed by atoms with Gasteiger partial charge in [-0.2, -0.15) is 0 Å². The Morgan fingerprint density at radius 2 is 1.80 bits per heavy atom. The van der Waals surface area contributed by atoms with Crippen LogP contribution in [0.1, 0.15) is 17.2 Å². The third-order valence-corrected chi connectivity index (χ3v) is 5.20. The zero-order valence-electron chi connectivity index (χ0n) is 13.7. The lowest BCUT2D eigenvalue weighted by molar-refractivity contribution is -0.131. The van der Waals surface area contributed by atoms with Crippen molar-refractivity contribution in [2.24, 2.45) is 0 Å². The van der Waals surface area contributed by atoms with Gasteiger partial charge in [-0.15, -0.1) is 11.6 Å². The number of rotatable bonds is 4. The van der Waals surface area contributed by atoms with Crippen LogP contribution in [0.25, 0.3) is 0 Å². The molecule has 6 heteroatoms. The molecule has 1 fully saturated rings. The van der Waals surface area contributed by atoms with Gasteiger partial charge in [0.15, 0.2) is 0 Å². The average Bonchev–Trinajstić information content (AvgIpc) is 2.62. The zero-order valence-corrected chi connectivity index (χ0v) is 15.9. The van der Waals surface area contributed by atoms with Gasteiger partial charge in [0.25, 0.3) is 0 Å². The minimum absolute atomic E-state index is 0.0155. The molecule has 0 bridgehead atoms. The normalized spacial score (nSPS) is 18.4. The molecule has 0 spiro atoms. The van der Waals surface area contributed by atoms with Gasteiger partial charge in [0, 0.05) is 36.2 Å². The number of carbonyl (C=O) groups is 1. The lowest BCUT2D eigenvalue weighted by Crippen LogP contribution is -2.50. The van der Waals surface area contributed by atoms with Crippen LogP contribution in [-0.2, 0) is 11.3 Å². The van der Waals surface area contributed by atoms with Crippen LogP contribution >= 0.6 is 34.8 Å². The number of hydrogen-bond acceptors (Lipinski definition) is 2. The number of hydrogen-bond donors (Lipinski definition) is 0. The maximum absolute atomic E-state index is 12.0. The second-order valence-corrected chi connectivity index (χ2v) is 7.28. The van der Waals surface area contributed by atoms with Crippen LogP contribution in [0.3, 0.4) is 0 Å². The van der Waals surface area contributed by atoms with E-state index in [0.29, 0.717) is 18.1 Å². The Morgan fingerprint density at radius 1 is 1.04 bits per heavy atom. The van der Waals surface area contributed by atoms with E-state index in [0.717, 1.165) is 29.2 Å². The first kappa shape index (κ1) is 18.5. The minimum atomic E-state index is -0.0250. The first-order valence-electron chi connectivity index (χ1n) is 8.14. The number of carbonyl (C=O) groups excluding carboxylic acids is 1. The molecule has 1 heterocycles. The van der Waals surface area contributed by atoms with Crippen LogP contribution in [-0.4, -0.2) is 41.2 Å². The largest absolute Gasteiger partial charge is 0.338 e. The molecule has 1 saturated heterocycles. The predicted octanol–water partition coefficient (Wildman–Crippen LogP) is 4.62. The van der Waals surface area contributed by atoms with Crippen molar-refractivity contribution in [2.45, 2.75) is 12.6 Å². The molecule has 3 rings (SSSR count). The summed E-state index contributed by atoms with van der Waals surface area (Å²) in [6, 6.07) is 15.8. The second kappa shape index (κ2) is 8.41. The van der Waals surface area contributed by atoms with Crippen LogP contribution in [0, 0.1) is 0 Å². The van der Waals surface area contributed by atoms with E-state index in [4.69, 9.17) is 34.8 Å². The van der Waals surface area contributed by atoms with Crippen molar-refractivity contribution in [3.05, 3.63) is 69.7 Å². The average molecular weight is 398 g/mol. The maximum Gasteiger partial charge on any atom is 0.237 e. The Labute approximate surface area is 163 Å². The Kier molecular flexibility index (Phi) is 6.24. The van der Waals surface area contributed by atoms with E-state index < -0.39 is 0 Å². The summed E-state index contributed by atoms with van der Waals surface area (Å²) in [6.45, 7) is 2.85. The molecule has 2 aromatic rings. The van der Waals surface area contributed by atoms with E-state index in [2.05, 4.69) is 11.0 Å². The summed E-state index contributed by atoms with van der Waals surface area (Å²) < 4.78 is 0. The standard InChI is InChI=1S/C19H19Cl3N2O/c20-11-19(25)24-9-8-23(12-14-2-1-3-17(22)10-14)18(13-24)15-4-6-16(21)7-5-15/h1-7,10,18H,8-9,11-13H2. The fraction of sp³-hybridized carbons (Fsp3) is 0.316. The van der Waals surface area contributed by atoms with Gasteiger partial charge < -0.3 is 4.90 Å². The molecule has 132 valence electrons. The van der Waals surface area contributed by atoms with E-state index in [1.165, 1.54) is 0 Å². The number of nitrogens with zero attached hydrogens (tertiary/aromatic N) is 2. The fourth-order valence-corrected chi connectivity index (χ4v) is 3.70. The quantitative estimate of drug-likeness (QED) is 0.703. The van der Waals surface area contributed by atoms with Crippen molar-refractivity contribution >= 4 is 40.7 Å². The summed E-state index contributed by atoms with van der Waals surface area (Å²) in [5, 5.41) is 1.44. The van der Waals surface area contributed by atoms with Crippen molar-refractivity contribution in [3.8, 4) is 0 Å². The van der Waals surface area contributed by atoms with Gasteiger partial charge in [0.05, 0.1) is 6.04 Å². The van der Waals surface area contributed by atoms with Gasteiger partial charge in [-0.1, -0.05) is 47.5 Å². The van der Waals surface area contributed by atoms with Crippen LogP contribution in [0.2, 0.25) is 10.0 Å². The first-order valence-corrected chi connectivity index (χ1v) is 9.43. The molecule has 1 aliphatic rings. The second-order valence-electron chi connectivity index (χ2n) is 6.14. The number of alkyl halides is 1. The molecule has 1 atom stereocenters. The number of amides is 1. The van der Waals surface area contributed by atoms with Crippen molar-refractivity contribution in [3.63, 3.8) is 0 Å². The number of benzene rings is 2. The molecule has 0 aromatic heterocycles. The summed E-state index contributed by atoms with van der Waals surface area (Å²) >= 11 is 17.9. The predicted molar refractivity (Wildman–Crippen MR) is 103 cm³/mol. The molecule has 0 aliphatic carbocycles. The zero-order chi connectivity index (χ0) is 17.8. The van der Waals surface area contributed by atoms with Crippen molar-refractivity contribution in [2.75, 3.05) is 25.5 Å². The summed E-state index contributed by atoms with van der Waals surface area (Å²) in [6.07, 6.45) is 0. The van der Waals surface area contributed by atoms with Crippen LogP contribution in [0.4, 0.5) is 0 Å². The molecule has 1 unspecified atom stereocenters. The first-order chi connectivity index (χ1) is 12.1. The SMILES string of the molecule is O=C(CCl)N1CCN(Cc2cccc(Cl)c2)C(c2ccc(Cl)cc2)C1. The lowest BCUT2D eigenvalue weighted by Gasteiger charge is -2.41. The van der Waals surface area contributed by atoms with Crippen LogP contribution < -0.4 is 0 Å². The Balaban J connectivity index is 1.84. The third-order valence-electron chi connectivity index (χ3n) is 4.49. The molecule has 25 heavy (non-hydrogen) atoms. The van der Waals surface area contributed by atoms with E-state index in [9.17, 15) is 4.79 Å². The molecule has 0 N–H and O–H groups in total. The molecule has 2 aromatic carbocycles.